The molecule has 0 spiro atoms. The molecule has 1 rings (SSSR count). The Balaban J connectivity index is 2.56. The summed E-state index contributed by atoms with van der Waals surface area (Å²) in [5.74, 6) is -0.740. The highest BCUT2D eigenvalue weighted by molar-refractivity contribution is 5.75. The van der Waals surface area contributed by atoms with Gasteiger partial charge in [-0.05, 0) is 19.4 Å². The largest absolute Gasteiger partial charge is 0.481 e. The van der Waals surface area contributed by atoms with Crippen LogP contribution >= 0.6 is 0 Å². The third-order valence-corrected chi connectivity index (χ3v) is 3.29. The zero-order valence-electron chi connectivity index (χ0n) is 9.72. The summed E-state index contributed by atoms with van der Waals surface area (Å²) in [6.45, 7) is 3.23. The molecular weight excluding hydrogens is 210 g/mol. The molecule has 0 aromatic heterocycles. The van der Waals surface area contributed by atoms with E-state index in [0.717, 1.165) is 6.42 Å². The summed E-state index contributed by atoms with van der Waals surface area (Å²) in [6.07, 6.45) is 1.39. The summed E-state index contributed by atoms with van der Waals surface area (Å²) >= 11 is 0. The fourth-order valence-corrected chi connectivity index (χ4v) is 2.43. The topological polar surface area (TPSA) is 81.0 Å². The molecule has 1 aliphatic rings. The molecule has 2 unspecified atom stereocenters. The van der Waals surface area contributed by atoms with Crippen molar-refractivity contribution in [2.75, 3.05) is 26.2 Å². The predicted octanol–water partition coefficient (Wildman–Crippen LogP) is -0.0836. The van der Waals surface area contributed by atoms with Gasteiger partial charge in [-0.15, -0.1) is 0 Å². The quantitative estimate of drug-likeness (QED) is 0.595. The van der Waals surface area contributed by atoms with Crippen molar-refractivity contribution < 1.29 is 20.1 Å². The van der Waals surface area contributed by atoms with E-state index in [4.69, 9.17) is 5.11 Å². The van der Waals surface area contributed by atoms with E-state index in [1.165, 1.54) is 0 Å². The summed E-state index contributed by atoms with van der Waals surface area (Å²) in [5, 5.41) is 27.3. The van der Waals surface area contributed by atoms with Crippen LogP contribution in [0.3, 0.4) is 0 Å². The standard InChI is InChI=1S/C11H21NO4/c1-2-3-11(10(15)16)4-5-12(8-11)6-9(14)7-13/h9,13-14H,2-8H2,1H3,(H,15,16). The van der Waals surface area contributed by atoms with Crippen molar-refractivity contribution in [3.8, 4) is 0 Å². The average Bonchev–Trinajstić information content (AvgIpc) is 2.63. The average molecular weight is 231 g/mol. The van der Waals surface area contributed by atoms with Crippen LogP contribution in [0.1, 0.15) is 26.2 Å². The summed E-state index contributed by atoms with van der Waals surface area (Å²) in [6, 6.07) is 0. The lowest BCUT2D eigenvalue weighted by molar-refractivity contribution is -0.148. The Morgan fingerprint density at radius 1 is 1.56 bits per heavy atom. The number of rotatable bonds is 6. The van der Waals surface area contributed by atoms with Crippen LogP contribution in [0.15, 0.2) is 0 Å². The molecule has 16 heavy (non-hydrogen) atoms. The Bertz CT molecular complexity index is 246. The van der Waals surface area contributed by atoms with Crippen LogP contribution in [-0.4, -0.2) is 58.5 Å². The molecule has 1 heterocycles. The minimum absolute atomic E-state index is 0.273. The van der Waals surface area contributed by atoms with E-state index >= 15 is 0 Å². The van der Waals surface area contributed by atoms with Crippen LogP contribution in [-0.2, 0) is 4.79 Å². The molecule has 94 valence electrons. The van der Waals surface area contributed by atoms with E-state index in [-0.39, 0.29) is 6.61 Å². The van der Waals surface area contributed by atoms with Gasteiger partial charge in [0.15, 0.2) is 0 Å². The maximum absolute atomic E-state index is 11.3. The maximum atomic E-state index is 11.3. The van der Waals surface area contributed by atoms with Gasteiger partial charge in [-0.3, -0.25) is 9.69 Å². The van der Waals surface area contributed by atoms with Crippen LogP contribution in [0.25, 0.3) is 0 Å². The number of likely N-dealkylation sites (tertiary alicyclic amines) is 1. The molecule has 0 bridgehead atoms. The molecule has 0 saturated carbocycles. The van der Waals surface area contributed by atoms with Crippen molar-refractivity contribution in [3.63, 3.8) is 0 Å². The molecule has 1 aliphatic heterocycles. The van der Waals surface area contributed by atoms with Gasteiger partial charge in [-0.1, -0.05) is 13.3 Å². The first-order chi connectivity index (χ1) is 7.54. The molecule has 5 nitrogen and oxygen atoms in total. The lowest BCUT2D eigenvalue weighted by Crippen LogP contribution is -2.38. The minimum atomic E-state index is -0.772. The van der Waals surface area contributed by atoms with E-state index < -0.39 is 17.5 Å². The number of aliphatic hydroxyl groups excluding tert-OH is 2. The molecule has 3 N–H and O–H groups in total. The normalized spacial score (nSPS) is 28.2. The second-order valence-electron chi connectivity index (χ2n) is 4.66. The number of nitrogens with zero attached hydrogens (tertiary/aromatic N) is 1. The molecule has 5 heteroatoms. The molecule has 0 aliphatic carbocycles. The first-order valence-corrected chi connectivity index (χ1v) is 5.79. The van der Waals surface area contributed by atoms with Gasteiger partial charge in [0, 0.05) is 13.1 Å². The third kappa shape index (κ3) is 2.93. The number of aliphatic hydroxyl groups is 2. The number of aliphatic carboxylic acids is 1. The Labute approximate surface area is 95.7 Å². The molecule has 2 atom stereocenters. The van der Waals surface area contributed by atoms with Crippen LogP contribution < -0.4 is 0 Å². The van der Waals surface area contributed by atoms with Crippen LogP contribution in [0.4, 0.5) is 0 Å². The number of β-amino-alcohol motifs (C(OH)–C–C–N with tert-alkyl or cyclic N) is 1. The molecule has 1 fully saturated rings. The van der Waals surface area contributed by atoms with E-state index in [0.29, 0.717) is 32.5 Å². The Morgan fingerprint density at radius 3 is 2.75 bits per heavy atom. The van der Waals surface area contributed by atoms with Gasteiger partial charge >= 0.3 is 5.97 Å². The molecule has 1 saturated heterocycles. The van der Waals surface area contributed by atoms with Crippen LogP contribution in [0.2, 0.25) is 0 Å². The first kappa shape index (κ1) is 13.4. The Hall–Kier alpha value is -0.650. The van der Waals surface area contributed by atoms with Gasteiger partial charge in [-0.2, -0.15) is 0 Å². The van der Waals surface area contributed by atoms with Crippen LogP contribution in [0, 0.1) is 5.41 Å². The fourth-order valence-electron chi connectivity index (χ4n) is 2.43. The summed E-state index contributed by atoms with van der Waals surface area (Å²) in [5.41, 5.74) is -0.649. The second kappa shape index (κ2) is 5.61. The lowest BCUT2D eigenvalue weighted by atomic mass is 9.83. The van der Waals surface area contributed by atoms with Gasteiger partial charge in [0.1, 0.15) is 0 Å². The Morgan fingerprint density at radius 2 is 2.25 bits per heavy atom. The van der Waals surface area contributed by atoms with Crippen molar-refractivity contribution in [1.82, 2.24) is 4.90 Å². The van der Waals surface area contributed by atoms with Gasteiger partial charge < -0.3 is 15.3 Å². The molecule has 0 aromatic carbocycles. The van der Waals surface area contributed by atoms with Crippen molar-refractivity contribution in [2.24, 2.45) is 5.41 Å². The zero-order chi connectivity index (χ0) is 12.2. The van der Waals surface area contributed by atoms with E-state index in [9.17, 15) is 15.0 Å². The lowest BCUT2D eigenvalue weighted by Gasteiger charge is -2.25. The van der Waals surface area contributed by atoms with Gasteiger partial charge in [0.25, 0.3) is 0 Å². The number of hydrogen-bond acceptors (Lipinski definition) is 4. The molecular formula is C11H21NO4. The third-order valence-electron chi connectivity index (χ3n) is 3.29. The van der Waals surface area contributed by atoms with Gasteiger partial charge in [-0.25, -0.2) is 0 Å². The summed E-state index contributed by atoms with van der Waals surface area (Å²) in [7, 11) is 0. The zero-order valence-corrected chi connectivity index (χ0v) is 9.72. The highest BCUT2D eigenvalue weighted by Gasteiger charge is 2.43. The van der Waals surface area contributed by atoms with Crippen molar-refractivity contribution in [3.05, 3.63) is 0 Å². The highest BCUT2D eigenvalue weighted by Crippen LogP contribution is 2.35. The van der Waals surface area contributed by atoms with E-state index in [1.54, 1.807) is 0 Å². The predicted molar refractivity (Wildman–Crippen MR) is 59.1 cm³/mol. The summed E-state index contributed by atoms with van der Waals surface area (Å²) < 4.78 is 0. The minimum Gasteiger partial charge on any atom is -0.481 e. The summed E-state index contributed by atoms with van der Waals surface area (Å²) in [4.78, 5) is 13.2. The molecule has 0 amide bonds. The van der Waals surface area contributed by atoms with E-state index in [2.05, 4.69) is 0 Å². The number of carboxylic acids is 1. The molecule has 0 aromatic rings. The maximum Gasteiger partial charge on any atom is 0.310 e. The Kier molecular flexibility index (Phi) is 4.70. The fraction of sp³-hybridized carbons (Fsp3) is 0.909. The van der Waals surface area contributed by atoms with Gasteiger partial charge in [0.05, 0.1) is 18.1 Å². The van der Waals surface area contributed by atoms with E-state index in [1.807, 2.05) is 11.8 Å². The van der Waals surface area contributed by atoms with Crippen molar-refractivity contribution in [1.29, 1.82) is 0 Å². The van der Waals surface area contributed by atoms with Gasteiger partial charge in [0.2, 0.25) is 0 Å². The number of hydrogen-bond donors (Lipinski definition) is 3. The van der Waals surface area contributed by atoms with Crippen molar-refractivity contribution >= 4 is 5.97 Å². The number of carboxylic acid groups (broad SMARTS) is 1. The van der Waals surface area contributed by atoms with Crippen LogP contribution in [0.5, 0.6) is 0 Å². The number of carbonyl (C=O) groups is 1. The SMILES string of the molecule is CCCC1(C(=O)O)CCN(CC(O)CO)C1. The van der Waals surface area contributed by atoms with Crippen molar-refractivity contribution in [2.45, 2.75) is 32.3 Å². The smallest absolute Gasteiger partial charge is 0.310 e. The second-order valence-corrected chi connectivity index (χ2v) is 4.66. The monoisotopic (exact) mass is 231 g/mol. The first-order valence-electron chi connectivity index (χ1n) is 5.79. The molecule has 0 radical (unpaired) electrons. The highest BCUT2D eigenvalue weighted by atomic mass is 16.4.